The number of anilines is 1. The molecule has 0 saturated heterocycles. The topological polar surface area (TPSA) is 64.7 Å². The minimum atomic E-state index is 0.428. The van der Waals surface area contributed by atoms with Crippen molar-refractivity contribution in [2.45, 2.75) is 13.8 Å². The number of nitrogens with zero attached hydrogens (tertiary/aromatic N) is 3. The molecule has 2 heterocycles. The maximum atomic E-state index is 5.92. The van der Waals surface area contributed by atoms with Crippen molar-refractivity contribution >= 4 is 16.9 Å². The fourth-order valence-corrected chi connectivity index (χ4v) is 2.12. The Kier molecular flexibility index (Phi) is 2.63. The smallest absolute Gasteiger partial charge is 0.153 e. The number of hydrogen-bond donors (Lipinski definition) is 1. The first kappa shape index (κ1) is 11.6. The van der Waals surface area contributed by atoms with Gasteiger partial charge in [0.15, 0.2) is 5.82 Å². The summed E-state index contributed by atoms with van der Waals surface area (Å²) in [5.41, 5.74) is 10.5. The summed E-state index contributed by atoms with van der Waals surface area (Å²) in [6.45, 7) is 3.88. The molecule has 1 aromatic carbocycles. The molecule has 0 amide bonds. The first-order valence-corrected chi connectivity index (χ1v) is 6.11. The van der Waals surface area contributed by atoms with Crippen molar-refractivity contribution in [3.8, 4) is 11.3 Å². The van der Waals surface area contributed by atoms with Crippen LogP contribution in [-0.2, 0) is 0 Å². The Bertz CT molecular complexity index is 765. The number of rotatable bonds is 1. The van der Waals surface area contributed by atoms with Gasteiger partial charge in [-0.3, -0.25) is 0 Å². The van der Waals surface area contributed by atoms with Crippen molar-refractivity contribution < 1.29 is 0 Å². The second-order valence-corrected chi connectivity index (χ2v) is 4.59. The molecule has 0 atom stereocenters. The van der Waals surface area contributed by atoms with Gasteiger partial charge in [0, 0.05) is 5.56 Å². The van der Waals surface area contributed by atoms with Gasteiger partial charge in [-0.05, 0) is 32.0 Å². The van der Waals surface area contributed by atoms with Gasteiger partial charge in [0.05, 0.1) is 11.2 Å². The predicted octanol–water partition coefficient (Wildman–Crippen LogP) is 2.89. The Labute approximate surface area is 111 Å². The van der Waals surface area contributed by atoms with Crippen LogP contribution in [0.5, 0.6) is 0 Å². The van der Waals surface area contributed by atoms with Gasteiger partial charge in [0.25, 0.3) is 0 Å². The van der Waals surface area contributed by atoms with E-state index in [1.165, 1.54) is 5.56 Å². The van der Waals surface area contributed by atoms with Gasteiger partial charge >= 0.3 is 0 Å². The van der Waals surface area contributed by atoms with Crippen molar-refractivity contribution in [1.82, 2.24) is 15.0 Å². The van der Waals surface area contributed by atoms with Crippen LogP contribution >= 0.6 is 0 Å². The van der Waals surface area contributed by atoms with Crippen LogP contribution in [0.25, 0.3) is 22.3 Å². The van der Waals surface area contributed by atoms with Crippen molar-refractivity contribution in [2.24, 2.45) is 0 Å². The summed E-state index contributed by atoms with van der Waals surface area (Å²) in [5.74, 6) is 1.09. The highest BCUT2D eigenvalue weighted by Gasteiger charge is 2.07. The summed E-state index contributed by atoms with van der Waals surface area (Å²) >= 11 is 0. The molecule has 0 spiro atoms. The van der Waals surface area contributed by atoms with Crippen LogP contribution in [0.3, 0.4) is 0 Å². The molecule has 3 aromatic rings. The Hall–Kier alpha value is -2.49. The number of aryl methyl sites for hydroxylation is 2. The molecule has 94 valence electrons. The number of nitrogens with two attached hydrogens (primary N) is 1. The largest absolute Gasteiger partial charge is 0.382 e. The SMILES string of the molecule is Cc1cccc(-c2ccc3nc(C)nc(N)c3n2)c1. The fourth-order valence-electron chi connectivity index (χ4n) is 2.12. The van der Waals surface area contributed by atoms with Crippen LogP contribution in [0, 0.1) is 13.8 Å². The van der Waals surface area contributed by atoms with E-state index in [1.54, 1.807) is 0 Å². The monoisotopic (exact) mass is 250 g/mol. The van der Waals surface area contributed by atoms with Crippen molar-refractivity contribution in [3.63, 3.8) is 0 Å². The van der Waals surface area contributed by atoms with E-state index >= 15 is 0 Å². The van der Waals surface area contributed by atoms with E-state index in [0.717, 1.165) is 16.8 Å². The average molecular weight is 250 g/mol. The summed E-state index contributed by atoms with van der Waals surface area (Å²) in [4.78, 5) is 13.1. The molecule has 0 aliphatic rings. The van der Waals surface area contributed by atoms with E-state index in [0.29, 0.717) is 17.2 Å². The summed E-state index contributed by atoms with van der Waals surface area (Å²) in [6, 6.07) is 12.1. The van der Waals surface area contributed by atoms with Gasteiger partial charge in [0.1, 0.15) is 11.3 Å². The van der Waals surface area contributed by atoms with E-state index < -0.39 is 0 Å². The molecule has 0 aliphatic heterocycles. The van der Waals surface area contributed by atoms with Crippen LogP contribution in [0.2, 0.25) is 0 Å². The van der Waals surface area contributed by atoms with Crippen LogP contribution in [-0.4, -0.2) is 15.0 Å². The third-order valence-electron chi connectivity index (χ3n) is 2.99. The Morgan fingerprint density at radius 2 is 1.79 bits per heavy atom. The molecule has 2 N–H and O–H groups in total. The van der Waals surface area contributed by atoms with Gasteiger partial charge in [-0.2, -0.15) is 0 Å². The zero-order chi connectivity index (χ0) is 13.4. The molecule has 0 saturated carbocycles. The molecule has 0 radical (unpaired) electrons. The number of benzene rings is 1. The lowest BCUT2D eigenvalue weighted by atomic mass is 10.1. The maximum Gasteiger partial charge on any atom is 0.153 e. The standard InChI is InChI=1S/C15H14N4/c1-9-4-3-5-11(8-9)12-6-7-13-14(19-12)15(16)18-10(2)17-13/h3-8H,1-2H3,(H2,16,17,18). The van der Waals surface area contributed by atoms with E-state index in [9.17, 15) is 0 Å². The Morgan fingerprint density at radius 1 is 0.947 bits per heavy atom. The number of fused-ring (bicyclic) bond motifs is 1. The van der Waals surface area contributed by atoms with E-state index in [1.807, 2.05) is 31.2 Å². The van der Waals surface area contributed by atoms with Crippen molar-refractivity contribution in [3.05, 3.63) is 47.8 Å². The molecule has 4 heteroatoms. The molecular formula is C15H14N4. The quantitative estimate of drug-likeness (QED) is 0.721. The Morgan fingerprint density at radius 3 is 2.58 bits per heavy atom. The van der Waals surface area contributed by atoms with E-state index in [4.69, 9.17) is 5.73 Å². The summed E-state index contributed by atoms with van der Waals surface area (Å²) in [6.07, 6.45) is 0. The maximum absolute atomic E-state index is 5.92. The lowest BCUT2D eigenvalue weighted by molar-refractivity contribution is 1.09. The zero-order valence-corrected chi connectivity index (χ0v) is 10.9. The molecule has 4 nitrogen and oxygen atoms in total. The average Bonchev–Trinajstić information content (AvgIpc) is 2.38. The molecule has 0 unspecified atom stereocenters. The number of pyridine rings is 1. The molecule has 3 rings (SSSR count). The number of nitrogen functional groups attached to an aromatic ring is 1. The van der Waals surface area contributed by atoms with Crippen molar-refractivity contribution in [1.29, 1.82) is 0 Å². The van der Waals surface area contributed by atoms with Crippen LogP contribution in [0.15, 0.2) is 36.4 Å². The second-order valence-electron chi connectivity index (χ2n) is 4.59. The number of hydrogen-bond acceptors (Lipinski definition) is 4. The minimum Gasteiger partial charge on any atom is -0.382 e. The molecule has 2 aromatic heterocycles. The lowest BCUT2D eigenvalue weighted by Gasteiger charge is -2.06. The minimum absolute atomic E-state index is 0.428. The molecule has 0 fully saturated rings. The molecule has 19 heavy (non-hydrogen) atoms. The first-order chi connectivity index (χ1) is 9.13. The third-order valence-corrected chi connectivity index (χ3v) is 2.99. The van der Waals surface area contributed by atoms with Gasteiger partial charge < -0.3 is 5.73 Å². The van der Waals surface area contributed by atoms with Crippen LogP contribution in [0.4, 0.5) is 5.82 Å². The van der Waals surface area contributed by atoms with Gasteiger partial charge in [-0.1, -0.05) is 23.8 Å². The van der Waals surface area contributed by atoms with Gasteiger partial charge in [-0.25, -0.2) is 15.0 Å². The Balaban J connectivity index is 2.22. The highest BCUT2D eigenvalue weighted by molar-refractivity contribution is 5.86. The second kappa shape index (κ2) is 4.31. The van der Waals surface area contributed by atoms with Gasteiger partial charge in [-0.15, -0.1) is 0 Å². The molecule has 0 bridgehead atoms. The lowest BCUT2D eigenvalue weighted by Crippen LogP contribution is -1.99. The molecule has 0 aliphatic carbocycles. The third kappa shape index (κ3) is 2.12. The van der Waals surface area contributed by atoms with Crippen LogP contribution < -0.4 is 5.73 Å². The molecular weight excluding hydrogens is 236 g/mol. The number of aromatic nitrogens is 3. The first-order valence-electron chi connectivity index (χ1n) is 6.11. The summed E-state index contributed by atoms with van der Waals surface area (Å²) in [5, 5.41) is 0. The highest BCUT2D eigenvalue weighted by atomic mass is 15.0. The van der Waals surface area contributed by atoms with Crippen molar-refractivity contribution in [2.75, 3.05) is 5.73 Å². The summed E-state index contributed by atoms with van der Waals surface area (Å²) < 4.78 is 0. The fraction of sp³-hybridized carbons (Fsp3) is 0.133. The normalized spacial score (nSPS) is 10.8. The summed E-state index contributed by atoms with van der Waals surface area (Å²) in [7, 11) is 0. The highest BCUT2D eigenvalue weighted by Crippen LogP contribution is 2.23. The van der Waals surface area contributed by atoms with E-state index in [-0.39, 0.29) is 0 Å². The van der Waals surface area contributed by atoms with Gasteiger partial charge in [0.2, 0.25) is 0 Å². The predicted molar refractivity (Wildman–Crippen MR) is 76.7 cm³/mol. The van der Waals surface area contributed by atoms with Crippen LogP contribution in [0.1, 0.15) is 11.4 Å². The van der Waals surface area contributed by atoms with E-state index in [2.05, 4.69) is 34.0 Å². The zero-order valence-electron chi connectivity index (χ0n) is 10.9.